The molecule has 0 atom stereocenters. The minimum atomic E-state index is -0.0322. The van der Waals surface area contributed by atoms with E-state index in [1.165, 1.54) is 18.4 Å². The van der Waals surface area contributed by atoms with E-state index in [9.17, 15) is 4.79 Å². The molecule has 1 spiro atoms. The van der Waals surface area contributed by atoms with Gasteiger partial charge in [-0.25, -0.2) is 0 Å². The van der Waals surface area contributed by atoms with Gasteiger partial charge in [-0.05, 0) is 25.2 Å². The third-order valence-electron chi connectivity index (χ3n) is 3.97. The number of Topliss-reactive ketones (excluding diaryl/α,β-unsaturated/α-hetero) is 1. The first-order valence-electron chi connectivity index (χ1n) is 5.70. The SMILES string of the molecule is CC1=CC(C)(C)CC(=O)C12CCCC2. The fourth-order valence-electron chi connectivity index (χ4n) is 3.23. The minimum Gasteiger partial charge on any atom is -0.299 e. The monoisotopic (exact) mass is 192 g/mol. The first-order chi connectivity index (χ1) is 6.46. The van der Waals surface area contributed by atoms with E-state index < -0.39 is 0 Å². The highest BCUT2D eigenvalue weighted by Crippen LogP contribution is 2.51. The summed E-state index contributed by atoms with van der Waals surface area (Å²) in [5, 5.41) is 0. The van der Waals surface area contributed by atoms with E-state index in [-0.39, 0.29) is 10.8 Å². The Hall–Kier alpha value is -0.590. The normalized spacial score (nSPS) is 29.4. The molecule has 0 saturated heterocycles. The Morgan fingerprint density at radius 1 is 1.21 bits per heavy atom. The topological polar surface area (TPSA) is 17.1 Å². The number of carbonyl (C=O) groups is 1. The number of hydrogen-bond donors (Lipinski definition) is 0. The number of ketones is 1. The van der Waals surface area contributed by atoms with Crippen LogP contribution in [0.4, 0.5) is 0 Å². The molecular weight excluding hydrogens is 172 g/mol. The summed E-state index contributed by atoms with van der Waals surface area (Å²) in [5.74, 6) is 0.500. The van der Waals surface area contributed by atoms with Crippen molar-refractivity contribution >= 4 is 5.78 Å². The molecule has 0 aliphatic heterocycles. The van der Waals surface area contributed by atoms with Gasteiger partial charge in [-0.15, -0.1) is 0 Å². The van der Waals surface area contributed by atoms with Gasteiger partial charge in [-0.1, -0.05) is 38.3 Å². The molecule has 0 radical (unpaired) electrons. The highest BCUT2D eigenvalue weighted by atomic mass is 16.1. The van der Waals surface area contributed by atoms with Crippen LogP contribution in [0.2, 0.25) is 0 Å². The van der Waals surface area contributed by atoms with Gasteiger partial charge in [0, 0.05) is 11.8 Å². The summed E-state index contributed by atoms with van der Waals surface area (Å²) >= 11 is 0. The fourth-order valence-corrected chi connectivity index (χ4v) is 3.23. The van der Waals surface area contributed by atoms with Gasteiger partial charge in [0.25, 0.3) is 0 Å². The lowest BCUT2D eigenvalue weighted by atomic mass is 9.64. The van der Waals surface area contributed by atoms with Crippen LogP contribution in [0.3, 0.4) is 0 Å². The van der Waals surface area contributed by atoms with Crippen molar-refractivity contribution in [3.63, 3.8) is 0 Å². The van der Waals surface area contributed by atoms with Crippen LogP contribution >= 0.6 is 0 Å². The molecule has 2 aliphatic carbocycles. The molecule has 1 fully saturated rings. The summed E-state index contributed by atoms with van der Waals surface area (Å²) in [7, 11) is 0. The quantitative estimate of drug-likeness (QED) is 0.537. The molecule has 0 N–H and O–H groups in total. The van der Waals surface area contributed by atoms with Crippen LogP contribution in [-0.4, -0.2) is 5.78 Å². The van der Waals surface area contributed by atoms with Crippen LogP contribution in [0.25, 0.3) is 0 Å². The zero-order valence-corrected chi connectivity index (χ0v) is 9.52. The summed E-state index contributed by atoms with van der Waals surface area (Å²) in [5.41, 5.74) is 1.40. The number of carbonyl (C=O) groups excluding carboxylic acids is 1. The number of allylic oxidation sites excluding steroid dienone is 2. The van der Waals surface area contributed by atoms with Crippen molar-refractivity contribution in [2.75, 3.05) is 0 Å². The Balaban J connectivity index is 2.40. The van der Waals surface area contributed by atoms with E-state index in [0.717, 1.165) is 19.3 Å². The molecule has 0 amide bonds. The largest absolute Gasteiger partial charge is 0.299 e. The summed E-state index contributed by atoms with van der Waals surface area (Å²) in [6.45, 7) is 6.48. The van der Waals surface area contributed by atoms with Crippen LogP contribution in [0, 0.1) is 10.8 Å². The standard InChI is InChI=1S/C13H20O/c1-10-8-12(2,3)9-11(14)13(10)6-4-5-7-13/h8H,4-7,9H2,1-3H3. The van der Waals surface area contributed by atoms with E-state index >= 15 is 0 Å². The van der Waals surface area contributed by atoms with Crippen LogP contribution in [0.1, 0.15) is 52.9 Å². The molecule has 1 saturated carbocycles. The zero-order valence-electron chi connectivity index (χ0n) is 9.52. The van der Waals surface area contributed by atoms with E-state index in [1.807, 2.05) is 0 Å². The molecule has 78 valence electrons. The molecule has 0 aromatic carbocycles. The van der Waals surface area contributed by atoms with E-state index in [4.69, 9.17) is 0 Å². The third-order valence-corrected chi connectivity index (χ3v) is 3.97. The van der Waals surface area contributed by atoms with Crippen molar-refractivity contribution in [1.82, 2.24) is 0 Å². The van der Waals surface area contributed by atoms with Crippen LogP contribution in [0.5, 0.6) is 0 Å². The van der Waals surface area contributed by atoms with Gasteiger partial charge in [0.05, 0.1) is 0 Å². The molecular formula is C13H20O. The highest BCUT2D eigenvalue weighted by Gasteiger charge is 2.46. The lowest BCUT2D eigenvalue weighted by molar-refractivity contribution is -0.129. The fraction of sp³-hybridized carbons (Fsp3) is 0.769. The Labute approximate surface area is 86.6 Å². The molecule has 0 bridgehead atoms. The maximum atomic E-state index is 12.2. The van der Waals surface area contributed by atoms with Crippen molar-refractivity contribution in [1.29, 1.82) is 0 Å². The summed E-state index contributed by atoms with van der Waals surface area (Å²) < 4.78 is 0. The Morgan fingerprint density at radius 3 is 2.29 bits per heavy atom. The van der Waals surface area contributed by atoms with Gasteiger partial charge < -0.3 is 0 Å². The maximum Gasteiger partial charge on any atom is 0.143 e. The van der Waals surface area contributed by atoms with Crippen molar-refractivity contribution in [3.05, 3.63) is 11.6 Å². The van der Waals surface area contributed by atoms with E-state index in [0.29, 0.717) is 5.78 Å². The lowest BCUT2D eigenvalue weighted by Gasteiger charge is -2.38. The van der Waals surface area contributed by atoms with Gasteiger partial charge in [-0.3, -0.25) is 4.79 Å². The summed E-state index contributed by atoms with van der Waals surface area (Å²) in [6.07, 6.45) is 7.74. The highest BCUT2D eigenvalue weighted by molar-refractivity contribution is 5.90. The van der Waals surface area contributed by atoms with Gasteiger partial charge >= 0.3 is 0 Å². The number of hydrogen-bond acceptors (Lipinski definition) is 1. The Bertz CT molecular complexity index is 290. The average Bonchev–Trinajstić information content (AvgIpc) is 2.48. The third kappa shape index (κ3) is 1.34. The van der Waals surface area contributed by atoms with Crippen LogP contribution in [-0.2, 0) is 4.79 Å². The first-order valence-corrected chi connectivity index (χ1v) is 5.70. The number of rotatable bonds is 0. The Kier molecular flexibility index (Phi) is 2.09. The molecule has 0 aromatic rings. The summed E-state index contributed by atoms with van der Waals surface area (Å²) in [4.78, 5) is 12.2. The van der Waals surface area contributed by atoms with Crippen LogP contribution in [0.15, 0.2) is 11.6 Å². The average molecular weight is 192 g/mol. The lowest BCUT2D eigenvalue weighted by Crippen LogP contribution is -2.37. The van der Waals surface area contributed by atoms with Gasteiger partial charge in [0.2, 0.25) is 0 Å². The Morgan fingerprint density at radius 2 is 1.79 bits per heavy atom. The molecule has 1 nitrogen and oxygen atoms in total. The van der Waals surface area contributed by atoms with Crippen molar-refractivity contribution in [3.8, 4) is 0 Å². The van der Waals surface area contributed by atoms with Gasteiger partial charge in [0.15, 0.2) is 0 Å². The van der Waals surface area contributed by atoms with Gasteiger partial charge in [0.1, 0.15) is 5.78 Å². The smallest absolute Gasteiger partial charge is 0.143 e. The van der Waals surface area contributed by atoms with Crippen molar-refractivity contribution < 1.29 is 4.79 Å². The molecule has 2 rings (SSSR count). The predicted octanol–water partition coefficient (Wildman–Crippen LogP) is 3.49. The first kappa shape index (κ1) is 9.95. The molecule has 0 aromatic heterocycles. The predicted molar refractivity (Wildman–Crippen MR) is 58.1 cm³/mol. The van der Waals surface area contributed by atoms with Gasteiger partial charge in [-0.2, -0.15) is 0 Å². The maximum absolute atomic E-state index is 12.2. The molecule has 0 unspecified atom stereocenters. The van der Waals surface area contributed by atoms with Crippen molar-refractivity contribution in [2.45, 2.75) is 52.9 Å². The second-order valence-corrected chi connectivity index (χ2v) is 5.71. The summed E-state index contributed by atoms with van der Waals surface area (Å²) in [6, 6.07) is 0. The van der Waals surface area contributed by atoms with E-state index in [1.54, 1.807) is 0 Å². The van der Waals surface area contributed by atoms with E-state index in [2.05, 4.69) is 26.8 Å². The van der Waals surface area contributed by atoms with Crippen LogP contribution < -0.4 is 0 Å². The second-order valence-electron chi connectivity index (χ2n) is 5.71. The molecule has 1 heteroatoms. The molecule has 0 heterocycles. The minimum absolute atomic E-state index is 0.0322. The zero-order chi connectivity index (χ0) is 10.4. The second kappa shape index (κ2) is 2.95. The molecule has 2 aliphatic rings. The van der Waals surface area contributed by atoms with Crippen molar-refractivity contribution in [2.24, 2.45) is 10.8 Å². The molecule has 14 heavy (non-hydrogen) atoms.